The summed E-state index contributed by atoms with van der Waals surface area (Å²) in [6.45, 7) is 0.581. The molecule has 2 heterocycles. The maximum atomic E-state index is 12.9. The lowest BCUT2D eigenvalue weighted by atomic mass is 9.99. The van der Waals surface area contributed by atoms with Gasteiger partial charge in [-0.3, -0.25) is 4.79 Å². The van der Waals surface area contributed by atoms with E-state index in [1.165, 1.54) is 15.6 Å². The second-order valence-corrected chi connectivity index (χ2v) is 10.3. The van der Waals surface area contributed by atoms with Crippen molar-refractivity contribution in [1.82, 2.24) is 9.29 Å². The lowest BCUT2D eigenvalue weighted by Crippen LogP contribution is -2.43. The minimum atomic E-state index is -3.61. The quantitative estimate of drug-likeness (QED) is 0.606. The third-order valence-corrected chi connectivity index (χ3v) is 7.90. The number of hydrogen-bond donors (Lipinski definition) is 1. The zero-order valence-corrected chi connectivity index (χ0v) is 18.4. The van der Waals surface area contributed by atoms with Crippen molar-refractivity contribution < 1.29 is 13.2 Å². The minimum absolute atomic E-state index is 0.165. The van der Waals surface area contributed by atoms with Gasteiger partial charge in [0.1, 0.15) is 0 Å². The number of piperidine rings is 1. The van der Waals surface area contributed by atoms with Crippen molar-refractivity contribution >= 4 is 44.0 Å². The van der Waals surface area contributed by atoms with Gasteiger partial charge in [0.05, 0.1) is 16.5 Å². The third-order valence-electron chi connectivity index (χ3n) is 5.01. The summed E-state index contributed by atoms with van der Waals surface area (Å²) >= 11 is 7.26. The van der Waals surface area contributed by atoms with E-state index in [4.69, 9.17) is 11.6 Å². The largest absolute Gasteiger partial charge is 0.302 e. The van der Waals surface area contributed by atoms with Crippen molar-refractivity contribution in [2.45, 2.75) is 17.7 Å². The number of carbonyl (C=O) groups excluding carboxylic acids is 1. The highest BCUT2D eigenvalue weighted by molar-refractivity contribution is 7.89. The molecular weight excluding hydrogens is 442 g/mol. The minimum Gasteiger partial charge on any atom is -0.302 e. The standard InChI is InChI=1S/C21H20ClN3O3S2/c22-17-10-8-15(9-11-17)19-14-29-21(23-19)24-20(26)16-5-4-12-25(13-16)30(27,28)18-6-2-1-3-7-18/h1-3,6-11,14,16H,4-5,12-13H2,(H,23,24,26). The Labute approximate surface area is 184 Å². The summed E-state index contributed by atoms with van der Waals surface area (Å²) in [4.78, 5) is 17.5. The molecule has 1 N–H and O–H groups in total. The number of carbonyl (C=O) groups is 1. The Morgan fingerprint density at radius 3 is 2.60 bits per heavy atom. The molecule has 0 spiro atoms. The molecule has 6 nitrogen and oxygen atoms in total. The molecule has 9 heteroatoms. The van der Waals surface area contributed by atoms with E-state index in [1.807, 2.05) is 17.5 Å². The van der Waals surface area contributed by atoms with Gasteiger partial charge in [-0.25, -0.2) is 13.4 Å². The molecule has 30 heavy (non-hydrogen) atoms. The van der Waals surface area contributed by atoms with E-state index in [2.05, 4.69) is 10.3 Å². The van der Waals surface area contributed by atoms with Crippen LogP contribution >= 0.6 is 22.9 Å². The van der Waals surface area contributed by atoms with E-state index in [1.54, 1.807) is 42.5 Å². The average molecular weight is 462 g/mol. The SMILES string of the molecule is O=C(Nc1nc(-c2ccc(Cl)cc2)cs1)C1CCCN(S(=O)(=O)c2ccccc2)C1. The van der Waals surface area contributed by atoms with Gasteiger partial charge in [-0.05, 0) is 37.1 Å². The molecule has 2 aromatic carbocycles. The maximum Gasteiger partial charge on any atom is 0.243 e. The van der Waals surface area contributed by atoms with E-state index >= 15 is 0 Å². The van der Waals surface area contributed by atoms with Crippen molar-refractivity contribution in [3.63, 3.8) is 0 Å². The van der Waals surface area contributed by atoms with Crippen LogP contribution in [-0.2, 0) is 14.8 Å². The summed E-state index contributed by atoms with van der Waals surface area (Å²) in [6.07, 6.45) is 1.28. The normalized spacial score (nSPS) is 17.6. The van der Waals surface area contributed by atoms with Crippen LogP contribution < -0.4 is 5.32 Å². The Morgan fingerprint density at radius 2 is 1.87 bits per heavy atom. The molecule has 1 fully saturated rings. The second-order valence-electron chi connectivity index (χ2n) is 7.05. The topological polar surface area (TPSA) is 79.4 Å². The molecule has 1 atom stereocenters. The van der Waals surface area contributed by atoms with Crippen molar-refractivity contribution in [1.29, 1.82) is 0 Å². The molecule has 0 aliphatic carbocycles. The van der Waals surface area contributed by atoms with Crippen LogP contribution in [0.5, 0.6) is 0 Å². The number of aromatic nitrogens is 1. The molecule has 0 bridgehead atoms. The van der Waals surface area contributed by atoms with Crippen LogP contribution in [0.25, 0.3) is 11.3 Å². The number of sulfonamides is 1. The molecule has 1 amide bonds. The van der Waals surface area contributed by atoms with Crippen LogP contribution in [0.2, 0.25) is 5.02 Å². The van der Waals surface area contributed by atoms with Gasteiger partial charge in [0.15, 0.2) is 5.13 Å². The highest BCUT2D eigenvalue weighted by atomic mass is 35.5. The third kappa shape index (κ3) is 4.57. The van der Waals surface area contributed by atoms with Gasteiger partial charge in [-0.2, -0.15) is 4.31 Å². The van der Waals surface area contributed by atoms with Crippen LogP contribution in [0.1, 0.15) is 12.8 Å². The fourth-order valence-corrected chi connectivity index (χ4v) is 5.80. The predicted molar refractivity (Wildman–Crippen MR) is 119 cm³/mol. The van der Waals surface area contributed by atoms with Crippen LogP contribution in [-0.4, -0.2) is 36.7 Å². The number of benzene rings is 2. The van der Waals surface area contributed by atoms with E-state index < -0.39 is 15.9 Å². The van der Waals surface area contributed by atoms with Gasteiger partial charge < -0.3 is 5.32 Å². The Kier molecular flexibility index (Phi) is 6.19. The van der Waals surface area contributed by atoms with Gasteiger partial charge in [-0.15, -0.1) is 11.3 Å². The molecule has 1 saturated heterocycles. The van der Waals surface area contributed by atoms with Gasteiger partial charge in [0.25, 0.3) is 0 Å². The number of nitrogens with zero attached hydrogens (tertiary/aromatic N) is 2. The predicted octanol–water partition coefficient (Wildman–Crippen LogP) is 4.50. The lowest BCUT2D eigenvalue weighted by Gasteiger charge is -2.31. The smallest absolute Gasteiger partial charge is 0.243 e. The average Bonchev–Trinajstić information content (AvgIpc) is 3.23. The molecular formula is C21H20ClN3O3S2. The van der Waals surface area contributed by atoms with Gasteiger partial charge in [0, 0.05) is 29.1 Å². The van der Waals surface area contributed by atoms with Crippen molar-refractivity contribution in [3.8, 4) is 11.3 Å². The molecule has 4 rings (SSSR count). The summed E-state index contributed by atoms with van der Waals surface area (Å²) in [5.74, 6) is -0.625. The first-order valence-electron chi connectivity index (χ1n) is 9.51. The Balaban J connectivity index is 1.43. The summed E-state index contributed by atoms with van der Waals surface area (Å²) in [5, 5.41) is 5.85. The van der Waals surface area contributed by atoms with Crippen molar-refractivity contribution in [2.24, 2.45) is 5.92 Å². The molecule has 1 aromatic heterocycles. The highest BCUT2D eigenvalue weighted by Gasteiger charge is 2.33. The summed E-state index contributed by atoms with van der Waals surface area (Å²) < 4.78 is 27.1. The first kappa shape index (κ1) is 21.0. The van der Waals surface area contributed by atoms with Gasteiger partial charge in [-0.1, -0.05) is 41.9 Å². The molecule has 1 aliphatic rings. The zero-order chi connectivity index (χ0) is 21.1. The number of anilines is 1. The maximum absolute atomic E-state index is 12.9. The number of nitrogens with one attached hydrogen (secondary N) is 1. The van der Waals surface area contributed by atoms with Crippen LogP contribution in [0.3, 0.4) is 0 Å². The number of amides is 1. The Hall–Kier alpha value is -2.26. The zero-order valence-electron chi connectivity index (χ0n) is 16.0. The Bertz CT molecular complexity index is 1130. The van der Waals surface area contributed by atoms with E-state index in [0.29, 0.717) is 29.5 Å². The van der Waals surface area contributed by atoms with E-state index in [9.17, 15) is 13.2 Å². The molecule has 0 radical (unpaired) electrons. The van der Waals surface area contributed by atoms with Gasteiger partial charge >= 0.3 is 0 Å². The fraction of sp³-hybridized carbons (Fsp3) is 0.238. The summed E-state index contributed by atoms with van der Waals surface area (Å²) in [5.41, 5.74) is 1.66. The monoisotopic (exact) mass is 461 g/mol. The summed E-state index contributed by atoms with van der Waals surface area (Å²) in [7, 11) is -3.61. The number of thiazole rings is 1. The second kappa shape index (κ2) is 8.85. The van der Waals surface area contributed by atoms with Crippen LogP contribution in [0.4, 0.5) is 5.13 Å². The first-order chi connectivity index (χ1) is 14.4. The van der Waals surface area contributed by atoms with Gasteiger partial charge in [0.2, 0.25) is 15.9 Å². The molecule has 3 aromatic rings. The Morgan fingerprint density at radius 1 is 1.13 bits per heavy atom. The van der Waals surface area contributed by atoms with E-state index in [0.717, 1.165) is 11.3 Å². The summed E-state index contributed by atoms with van der Waals surface area (Å²) in [6, 6.07) is 15.6. The van der Waals surface area contributed by atoms with Crippen LogP contribution in [0, 0.1) is 5.92 Å². The molecule has 1 aliphatic heterocycles. The van der Waals surface area contributed by atoms with Crippen LogP contribution in [0.15, 0.2) is 64.9 Å². The molecule has 156 valence electrons. The molecule has 0 saturated carbocycles. The number of rotatable bonds is 5. The van der Waals surface area contributed by atoms with Crippen molar-refractivity contribution in [3.05, 3.63) is 65.0 Å². The molecule has 1 unspecified atom stereocenters. The van der Waals surface area contributed by atoms with E-state index in [-0.39, 0.29) is 17.3 Å². The van der Waals surface area contributed by atoms with Crippen molar-refractivity contribution in [2.75, 3.05) is 18.4 Å². The lowest BCUT2D eigenvalue weighted by molar-refractivity contribution is -0.120. The fourth-order valence-electron chi connectivity index (χ4n) is 3.41. The highest BCUT2D eigenvalue weighted by Crippen LogP contribution is 2.28. The first-order valence-corrected chi connectivity index (χ1v) is 12.2. The number of hydrogen-bond acceptors (Lipinski definition) is 5. The number of halogens is 1.